The van der Waals surface area contributed by atoms with Gasteiger partial charge in [0.15, 0.2) is 0 Å². The topological polar surface area (TPSA) is 224 Å². The Morgan fingerprint density at radius 1 is 0.971 bits per heavy atom. The zero-order valence-corrected chi connectivity index (χ0v) is 19.5. The third-order valence-electron chi connectivity index (χ3n) is 6.11. The summed E-state index contributed by atoms with van der Waals surface area (Å²) in [6.45, 7) is -0.823. The van der Waals surface area contributed by atoms with Gasteiger partial charge in [0, 0.05) is 13.3 Å². The monoisotopic (exact) mass is 502 g/mol. The Morgan fingerprint density at radius 2 is 1.54 bits per heavy atom. The molecule has 35 heavy (non-hydrogen) atoms. The molecule has 2 fully saturated rings. The van der Waals surface area contributed by atoms with Gasteiger partial charge in [-0.25, -0.2) is 4.79 Å². The molecule has 8 N–H and O–H groups in total. The van der Waals surface area contributed by atoms with Crippen LogP contribution >= 0.6 is 0 Å². The van der Waals surface area contributed by atoms with Gasteiger partial charge in [0.05, 0.1) is 25.8 Å². The minimum Gasteiger partial charge on any atom is -0.480 e. The van der Waals surface area contributed by atoms with Crippen molar-refractivity contribution in [1.29, 1.82) is 0 Å². The van der Waals surface area contributed by atoms with Crippen molar-refractivity contribution in [3.63, 3.8) is 0 Å². The lowest BCUT2D eigenvalue weighted by Crippen LogP contribution is -2.59. The number of aliphatic hydroxyl groups is 3. The number of hydrogen-bond donors (Lipinski definition) is 8. The quantitative estimate of drug-likeness (QED) is 0.103. The Kier molecular flexibility index (Phi) is 10.4. The van der Waals surface area contributed by atoms with Gasteiger partial charge in [0.1, 0.15) is 18.1 Å². The zero-order valence-electron chi connectivity index (χ0n) is 19.5. The minimum atomic E-state index is -1.90. The van der Waals surface area contributed by atoms with Crippen LogP contribution in [0.3, 0.4) is 0 Å². The van der Waals surface area contributed by atoms with E-state index < -0.39 is 72.8 Å². The summed E-state index contributed by atoms with van der Waals surface area (Å²) in [5, 5.41) is 48.3. The number of carboxylic acid groups (broad SMARTS) is 1. The van der Waals surface area contributed by atoms with Crippen LogP contribution in [0.4, 0.5) is 0 Å². The second kappa shape index (κ2) is 12.8. The number of hydrogen-bond acceptors (Lipinski definition) is 10. The molecule has 2 aliphatic rings. The molecule has 14 heteroatoms. The van der Waals surface area contributed by atoms with Crippen molar-refractivity contribution < 1.29 is 49.1 Å². The number of rotatable bonds is 11. The van der Waals surface area contributed by atoms with Gasteiger partial charge in [0.2, 0.25) is 23.5 Å². The third-order valence-corrected chi connectivity index (χ3v) is 6.11. The highest BCUT2D eigenvalue weighted by atomic mass is 16.7. The second-order valence-corrected chi connectivity index (χ2v) is 8.89. The van der Waals surface area contributed by atoms with E-state index in [-0.39, 0.29) is 18.9 Å². The van der Waals surface area contributed by atoms with Crippen LogP contribution in [-0.2, 0) is 28.7 Å². The first-order chi connectivity index (χ1) is 16.5. The molecule has 14 nitrogen and oxygen atoms in total. The van der Waals surface area contributed by atoms with Crippen molar-refractivity contribution in [3.05, 3.63) is 0 Å². The maximum Gasteiger partial charge on any atom is 0.326 e. The molecule has 1 aliphatic heterocycles. The summed E-state index contributed by atoms with van der Waals surface area (Å²) in [6, 6.07) is -5.24. The number of aliphatic carboxylic acids is 1. The van der Waals surface area contributed by atoms with Crippen LogP contribution in [0.1, 0.15) is 45.4 Å². The van der Waals surface area contributed by atoms with E-state index in [1.54, 1.807) is 0 Å². The van der Waals surface area contributed by atoms with Crippen molar-refractivity contribution in [3.8, 4) is 0 Å². The molecular weight excluding hydrogens is 468 g/mol. The first-order valence-corrected chi connectivity index (χ1v) is 11.5. The van der Waals surface area contributed by atoms with Crippen molar-refractivity contribution in [2.24, 2.45) is 5.92 Å². The molecule has 3 amide bonds. The van der Waals surface area contributed by atoms with E-state index in [1.807, 2.05) is 0 Å². The fraction of sp³-hybridized carbons (Fsp3) is 0.762. The van der Waals surface area contributed by atoms with E-state index in [9.17, 15) is 44.4 Å². The lowest BCUT2D eigenvalue weighted by Gasteiger charge is -2.29. The van der Waals surface area contributed by atoms with Crippen molar-refractivity contribution in [1.82, 2.24) is 21.3 Å². The molecule has 0 spiro atoms. The van der Waals surface area contributed by atoms with Gasteiger partial charge in [-0.1, -0.05) is 19.3 Å². The Morgan fingerprint density at radius 3 is 2.09 bits per heavy atom. The van der Waals surface area contributed by atoms with Crippen LogP contribution in [0.5, 0.6) is 0 Å². The molecule has 1 saturated carbocycles. The lowest BCUT2D eigenvalue weighted by atomic mass is 9.84. The molecular formula is C21H34N4O10. The van der Waals surface area contributed by atoms with Crippen molar-refractivity contribution in [2.45, 2.75) is 75.4 Å². The smallest absolute Gasteiger partial charge is 0.326 e. The van der Waals surface area contributed by atoms with E-state index in [2.05, 4.69) is 21.3 Å². The number of aliphatic hydroxyl groups excluding tert-OH is 2. The first kappa shape index (κ1) is 28.4. The van der Waals surface area contributed by atoms with Crippen LogP contribution in [0.25, 0.3) is 0 Å². The molecule has 0 aromatic rings. The predicted molar refractivity (Wildman–Crippen MR) is 117 cm³/mol. The number of amides is 3. The highest BCUT2D eigenvalue weighted by molar-refractivity contribution is 5.94. The standard InChI is InChI=1S/C21H34N4O10/c1-11(28)35-21(34)7-13(22-10-21)17(29)23-14(8-26)18(30)24-15(9-27)19(31)25-16(20(32)33)12-5-3-2-4-6-12/h12-16,22,26-27,34H,2-10H2,1H3,(H,23,29)(H,24,30)(H,25,31)(H,32,33)/t13-,14-,15-,16-,21-/m0/s1. The summed E-state index contributed by atoms with van der Waals surface area (Å²) >= 11 is 0. The summed E-state index contributed by atoms with van der Waals surface area (Å²) < 4.78 is 4.77. The largest absolute Gasteiger partial charge is 0.480 e. The van der Waals surface area contributed by atoms with E-state index >= 15 is 0 Å². The summed E-state index contributed by atoms with van der Waals surface area (Å²) in [5.41, 5.74) is 0. The maximum atomic E-state index is 12.6. The van der Waals surface area contributed by atoms with Gasteiger partial charge in [0.25, 0.3) is 0 Å². The molecule has 2 rings (SSSR count). The predicted octanol–water partition coefficient (Wildman–Crippen LogP) is -3.30. The lowest BCUT2D eigenvalue weighted by molar-refractivity contribution is -0.199. The third kappa shape index (κ3) is 8.13. The number of carbonyl (C=O) groups is 5. The average Bonchev–Trinajstić information content (AvgIpc) is 3.20. The SMILES string of the molecule is CC(=O)O[C@]1(O)CN[C@H](C(=O)N[C@@H](CO)C(=O)N[C@@H](CO)C(=O)N[C@H](C(=O)O)C2CCCCC2)C1. The number of carboxylic acids is 1. The molecule has 1 heterocycles. The van der Waals surface area contributed by atoms with Crippen LogP contribution in [0.2, 0.25) is 0 Å². The zero-order chi connectivity index (χ0) is 26.2. The second-order valence-electron chi connectivity index (χ2n) is 8.89. The van der Waals surface area contributed by atoms with Crippen molar-refractivity contribution >= 4 is 29.7 Å². The van der Waals surface area contributed by atoms with Crippen molar-refractivity contribution in [2.75, 3.05) is 19.8 Å². The van der Waals surface area contributed by atoms with Crippen LogP contribution < -0.4 is 21.3 Å². The molecule has 0 bridgehead atoms. The van der Waals surface area contributed by atoms with Gasteiger partial charge in [-0.15, -0.1) is 0 Å². The van der Waals surface area contributed by atoms with E-state index in [0.717, 1.165) is 26.2 Å². The highest BCUT2D eigenvalue weighted by Gasteiger charge is 2.43. The molecule has 0 aromatic carbocycles. The van der Waals surface area contributed by atoms with E-state index in [0.29, 0.717) is 12.8 Å². The van der Waals surface area contributed by atoms with Crippen LogP contribution in [-0.4, -0.2) is 99.8 Å². The number of carbonyl (C=O) groups excluding carboxylic acids is 4. The summed E-state index contributed by atoms with van der Waals surface area (Å²) in [7, 11) is 0. The minimum absolute atomic E-state index is 0.223. The summed E-state index contributed by atoms with van der Waals surface area (Å²) in [5.74, 6) is -6.82. The summed E-state index contributed by atoms with van der Waals surface area (Å²) in [4.78, 5) is 60.4. The molecule has 198 valence electrons. The maximum absolute atomic E-state index is 12.6. The fourth-order valence-corrected chi connectivity index (χ4v) is 4.31. The number of ether oxygens (including phenoxy) is 1. The molecule has 0 radical (unpaired) electrons. The van der Waals surface area contributed by atoms with Crippen LogP contribution in [0, 0.1) is 5.92 Å². The van der Waals surface area contributed by atoms with Gasteiger partial charge < -0.3 is 41.1 Å². The summed E-state index contributed by atoms with van der Waals surface area (Å²) in [6.07, 6.45) is 3.64. The molecule has 1 saturated heterocycles. The molecule has 0 unspecified atom stereocenters. The average molecular weight is 503 g/mol. The highest BCUT2D eigenvalue weighted by Crippen LogP contribution is 2.26. The first-order valence-electron chi connectivity index (χ1n) is 11.5. The van der Waals surface area contributed by atoms with Crippen LogP contribution in [0.15, 0.2) is 0 Å². The normalized spacial score (nSPS) is 25.1. The van der Waals surface area contributed by atoms with Gasteiger partial charge >= 0.3 is 11.9 Å². The van der Waals surface area contributed by atoms with E-state index in [1.165, 1.54) is 0 Å². The molecule has 0 aromatic heterocycles. The number of β-amino-alcohol motifs (C(OH)–C–C–N with tert-alkyl or cyclic N) is 1. The van der Waals surface area contributed by atoms with Gasteiger partial charge in [-0.3, -0.25) is 24.5 Å². The number of esters is 1. The Hall–Kier alpha value is -2.81. The Balaban J connectivity index is 1.94. The Labute approximate surface area is 201 Å². The number of nitrogens with one attached hydrogen (secondary N) is 4. The molecule has 5 atom stereocenters. The molecule has 1 aliphatic carbocycles. The van der Waals surface area contributed by atoms with Gasteiger partial charge in [-0.05, 0) is 18.8 Å². The van der Waals surface area contributed by atoms with Gasteiger partial charge in [-0.2, -0.15) is 0 Å². The Bertz CT molecular complexity index is 803. The van der Waals surface area contributed by atoms with E-state index in [4.69, 9.17) is 4.74 Å². The fourth-order valence-electron chi connectivity index (χ4n) is 4.31.